The summed E-state index contributed by atoms with van der Waals surface area (Å²) in [6, 6.07) is 5.12. The maximum absolute atomic E-state index is 11.3. The van der Waals surface area contributed by atoms with Gasteiger partial charge in [0.15, 0.2) is 11.5 Å². The molecular weight excluding hydrogens is 335 g/mol. The van der Waals surface area contributed by atoms with Gasteiger partial charge >= 0.3 is 11.9 Å². The van der Waals surface area contributed by atoms with Gasteiger partial charge in [-0.25, -0.2) is 0 Å². The van der Waals surface area contributed by atoms with Gasteiger partial charge in [-0.15, -0.1) is 0 Å². The van der Waals surface area contributed by atoms with Crippen molar-refractivity contribution in [1.29, 1.82) is 0 Å². The van der Waals surface area contributed by atoms with E-state index >= 15 is 0 Å². The molecule has 0 bridgehead atoms. The third kappa shape index (κ3) is 3.99. The van der Waals surface area contributed by atoms with Gasteiger partial charge in [-0.1, -0.05) is 19.9 Å². The Morgan fingerprint density at radius 2 is 1.71 bits per heavy atom. The maximum atomic E-state index is 11.3. The zero-order valence-electron chi connectivity index (χ0n) is 9.66. The van der Waals surface area contributed by atoms with Gasteiger partial charge in [0.2, 0.25) is 0 Å². The Hall–Kier alpha value is -1.11. The number of esters is 2. The zero-order valence-corrected chi connectivity index (χ0v) is 11.8. The lowest BCUT2D eigenvalue weighted by Gasteiger charge is -2.10. The van der Waals surface area contributed by atoms with Crippen molar-refractivity contribution in [3.8, 4) is 11.5 Å². The Labute approximate surface area is 113 Å². The zero-order chi connectivity index (χ0) is 12.8. The minimum Gasteiger partial charge on any atom is -0.422 e. The van der Waals surface area contributed by atoms with Crippen molar-refractivity contribution in [1.82, 2.24) is 0 Å². The summed E-state index contributed by atoms with van der Waals surface area (Å²) in [5.74, 6) is -0.129. The summed E-state index contributed by atoms with van der Waals surface area (Å²) < 4.78 is 11.0. The van der Waals surface area contributed by atoms with Gasteiger partial charge in [0.1, 0.15) is 0 Å². The smallest absolute Gasteiger partial charge is 0.311 e. The Bertz CT molecular complexity index is 429. The molecule has 1 aromatic rings. The molecule has 0 amide bonds. The molecule has 0 saturated heterocycles. The summed E-state index contributed by atoms with van der Waals surface area (Å²) in [5, 5.41) is 0. The highest BCUT2D eigenvalue weighted by atomic mass is 127. The Morgan fingerprint density at radius 1 is 1.12 bits per heavy atom. The van der Waals surface area contributed by atoms with Gasteiger partial charge in [0.25, 0.3) is 0 Å². The molecule has 0 aliphatic heterocycles. The second-order valence-electron chi connectivity index (χ2n) is 3.22. The van der Waals surface area contributed by atoms with Crippen molar-refractivity contribution >= 4 is 34.5 Å². The molecule has 0 radical (unpaired) electrons. The second kappa shape index (κ2) is 6.58. The topological polar surface area (TPSA) is 52.6 Å². The first kappa shape index (κ1) is 14.0. The van der Waals surface area contributed by atoms with Crippen LogP contribution in [-0.2, 0) is 9.59 Å². The third-order valence-corrected chi connectivity index (χ3v) is 2.80. The lowest BCUT2D eigenvalue weighted by molar-refractivity contribution is -0.136. The van der Waals surface area contributed by atoms with Gasteiger partial charge in [0.05, 0.1) is 3.57 Å². The summed E-state index contributed by atoms with van der Waals surface area (Å²) in [6.45, 7) is 3.41. The Morgan fingerprint density at radius 3 is 2.29 bits per heavy atom. The first-order chi connectivity index (χ1) is 8.08. The van der Waals surface area contributed by atoms with Gasteiger partial charge in [-0.05, 0) is 34.7 Å². The van der Waals surface area contributed by atoms with Crippen molar-refractivity contribution < 1.29 is 19.1 Å². The van der Waals surface area contributed by atoms with E-state index in [1.54, 1.807) is 32.0 Å². The molecule has 0 spiro atoms. The Balaban J connectivity index is 2.99. The highest BCUT2D eigenvalue weighted by Gasteiger charge is 2.14. The van der Waals surface area contributed by atoms with Gasteiger partial charge in [-0.3, -0.25) is 9.59 Å². The largest absolute Gasteiger partial charge is 0.422 e. The van der Waals surface area contributed by atoms with Crippen molar-refractivity contribution in [2.45, 2.75) is 26.7 Å². The first-order valence-electron chi connectivity index (χ1n) is 5.28. The highest BCUT2D eigenvalue weighted by Crippen LogP contribution is 2.32. The number of hydrogen-bond acceptors (Lipinski definition) is 4. The molecule has 92 valence electrons. The van der Waals surface area contributed by atoms with Crippen LogP contribution in [-0.4, -0.2) is 11.9 Å². The number of para-hydroxylation sites is 1. The number of carbonyl (C=O) groups excluding carboxylic acids is 2. The van der Waals surface area contributed by atoms with Crippen LogP contribution >= 0.6 is 22.6 Å². The van der Waals surface area contributed by atoms with Crippen molar-refractivity contribution in [3.05, 3.63) is 21.8 Å². The van der Waals surface area contributed by atoms with E-state index in [9.17, 15) is 9.59 Å². The van der Waals surface area contributed by atoms with E-state index in [1.165, 1.54) is 0 Å². The number of halogens is 1. The summed E-state index contributed by atoms with van der Waals surface area (Å²) in [6.07, 6.45) is 0.540. The molecule has 1 rings (SSSR count). The van der Waals surface area contributed by atoms with E-state index in [0.717, 1.165) is 3.57 Å². The molecule has 0 fully saturated rings. The van der Waals surface area contributed by atoms with E-state index in [-0.39, 0.29) is 30.5 Å². The van der Waals surface area contributed by atoms with Crippen molar-refractivity contribution in [3.63, 3.8) is 0 Å². The fraction of sp³-hybridized carbons (Fsp3) is 0.333. The van der Waals surface area contributed by atoms with E-state index < -0.39 is 0 Å². The summed E-state index contributed by atoms with van der Waals surface area (Å²) >= 11 is 2.03. The molecule has 5 heteroatoms. The number of hydrogen-bond donors (Lipinski definition) is 0. The van der Waals surface area contributed by atoms with Crippen LogP contribution < -0.4 is 9.47 Å². The molecular formula is C12H13IO4. The van der Waals surface area contributed by atoms with Gasteiger partial charge < -0.3 is 9.47 Å². The number of rotatable bonds is 4. The molecule has 0 aliphatic rings. The van der Waals surface area contributed by atoms with E-state index in [2.05, 4.69) is 0 Å². The lowest BCUT2D eigenvalue weighted by Crippen LogP contribution is -2.11. The minimum atomic E-state index is -0.360. The van der Waals surface area contributed by atoms with Crippen LogP contribution in [0.15, 0.2) is 18.2 Å². The van der Waals surface area contributed by atoms with Gasteiger partial charge in [-0.2, -0.15) is 0 Å². The number of ether oxygens (including phenoxy) is 2. The van der Waals surface area contributed by atoms with Crippen molar-refractivity contribution in [2.75, 3.05) is 0 Å². The molecule has 0 atom stereocenters. The molecule has 1 aromatic carbocycles. The minimum absolute atomic E-state index is 0.270. The van der Waals surface area contributed by atoms with Gasteiger partial charge in [0, 0.05) is 12.8 Å². The van der Waals surface area contributed by atoms with E-state index in [1.807, 2.05) is 22.6 Å². The Kier molecular flexibility index (Phi) is 5.40. The molecule has 0 saturated carbocycles. The summed E-state index contributed by atoms with van der Waals surface area (Å²) in [5.41, 5.74) is 0. The quantitative estimate of drug-likeness (QED) is 0.477. The van der Waals surface area contributed by atoms with E-state index in [4.69, 9.17) is 9.47 Å². The van der Waals surface area contributed by atoms with Crippen LogP contribution in [0, 0.1) is 3.57 Å². The first-order valence-corrected chi connectivity index (χ1v) is 6.36. The molecule has 4 nitrogen and oxygen atoms in total. The predicted molar refractivity (Wildman–Crippen MR) is 71.0 cm³/mol. The monoisotopic (exact) mass is 348 g/mol. The van der Waals surface area contributed by atoms with Crippen LogP contribution in [0.4, 0.5) is 0 Å². The average Bonchev–Trinajstić information content (AvgIpc) is 2.33. The maximum Gasteiger partial charge on any atom is 0.311 e. The fourth-order valence-corrected chi connectivity index (χ4v) is 1.63. The molecule has 0 N–H and O–H groups in total. The normalized spacial score (nSPS) is 9.82. The SMILES string of the molecule is CCC(=O)Oc1cccc(I)c1OC(=O)CC. The van der Waals surface area contributed by atoms with Crippen molar-refractivity contribution in [2.24, 2.45) is 0 Å². The summed E-state index contributed by atoms with van der Waals surface area (Å²) in [4.78, 5) is 22.5. The van der Waals surface area contributed by atoms with Crippen LogP contribution in [0.5, 0.6) is 11.5 Å². The predicted octanol–water partition coefficient (Wildman–Crippen LogP) is 2.92. The average molecular weight is 348 g/mol. The standard InChI is InChI=1S/C12H13IO4/c1-3-10(14)16-9-7-5-6-8(13)12(9)17-11(15)4-2/h5-7H,3-4H2,1-2H3. The summed E-state index contributed by atoms with van der Waals surface area (Å²) in [7, 11) is 0. The van der Waals surface area contributed by atoms with E-state index in [0.29, 0.717) is 5.75 Å². The second-order valence-corrected chi connectivity index (χ2v) is 4.38. The number of carbonyl (C=O) groups is 2. The fourth-order valence-electron chi connectivity index (χ4n) is 1.05. The lowest BCUT2D eigenvalue weighted by atomic mass is 10.3. The molecule has 0 unspecified atom stereocenters. The molecule has 0 heterocycles. The van der Waals surface area contributed by atoms with Crippen LogP contribution in [0.1, 0.15) is 26.7 Å². The van der Waals surface area contributed by atoms with Crippen LogP contribution in [0.3, 0.4) is 0 Å². The van der Waals surface area contributed by atoms with Crippen LogP contribution in [0.2, 0.25) is 0 Å². The third-order valence-electron chi connectivity index (χ3n) is 1.95. The number of benzene rings is 1. The molecule has 0 aromatic heterocycles. The highest BCUT2D eigenvalue weighted by molar-refractivity contribution is 14.1. The molecule has 0 aliphatic carbocycles. The van der Waals surface area contributed by atoms with Crippen LogP contribution in [0.25, 0.3) is 0 Å². The molecule has 17 heavy (non-hydrogen) atoms.